The average Bonchev–Trinajstić information content (AvgIpc) is 2.02. The van der Waals surface area contributed by atoms with Crippen molar-refractivity contribution >= 4 is 31.5 Å². The average molecular weight is 299 g/mol. The van der Waals surface area contributed by atoms with Gasteiger partial charge in [0.25, 0.3) is 0 Å². The Bertz CT molecular complexity index is 128. The molecule has 0 rings (SSSR count). The van der Waals surface area contributed by atoms with E-state index in [2.05, 4.69) is 61.8 Å². The Morgan fingerprint density at radius 3 is 2.33 bits per heavy atom. The maximum Gasteiger partial charge on any atom is 0.109 e. The largest absolute Gasteiger partial charge is 0.326 e. The summed E-state index contributed by atoms with van der Waals surface area (Å²) < 4.78 is 0.326. The number of hydrogen-bond donors (Lipinski definition) is 1. The summed E-state index contributed by atoms with van der Waals surface area (Å²) in [5.41, 5.74) is 0.908. The molecule has 1 N–H and O–H groups in total. The highest BCUT2D eigenvalue weighted by molar-refractivity contribution is 14.1. The van der Waals surface area contributed by atoms with Gasteiger partial charge in [0.1, 0.15) is 8.96 Å². The Labute approximate surface area is 92.5 Å². The van der Waals surface area contributed by atoms with Gasteiger partial charge in [-0.05, 0) is 18.9 Å². The summed E-state index contributed by atoms with van der Waals surface area (Å²) in [6.07, 6.45) is 2.53. The van der Waals surface area contributed by atoms with Crippen LogP contribution in [0.4, 0.5) is 0 Å². The SMILES string of the molecule is CCC(C)[SiH](C)N[C@@](C)(I)CC. The zero-order chi connectivity index (χ0) is 9.78. The van der Waals surface area contributed by atoms with Crippen molar-refractivity contribution in [3.05, 3.63) is 0 Å². The van der Waals surface area contributed by atoms with Crippen LogP contribution in [0.2, 0.25) is 12.1 Å². The molecule has 0 amide bonds. The summed E-state index contributed by atoms with van der Waals surface area (Å²) in [6.45, 7) is 11.6. The molecule has 0 spiro atoms. The molecule has 3 atom stereocenters. The monoisotopic (exact) mass is 299 g/mol. The fourth-order valence-electron chi connectivity index (χ4n) is 1.07. The zero-order valence-electron chi connectivity index (χ0n) is 8.95. The molecule has 0 radical (unpaired) electrons. The minimum atomic E-state index is -0.696. The summed E-state index contributed by atoms with van der Waals surface area (Å²) in [5.74, 6) is 0. The van der Waals surface area contributed by atoms with Gasteiger partial charge in [-0.3, -0.25) is 0 Å². The van der Waals surface area contributed by atoms with Crippen LogP contribution in [-0.4, -0.2) is 12.5 Å². The van der Waals surface area contributed by atoms with E-state index in [-0.39, 0.29) is 0 Å². The smallest absolute Gasteiger partial charge is 0.109 e. The van der Waals surface area contributed by atoms with Crippen LogP contribution < -0.4 is 4.98 Å². The van der Waals surface area contributed by atoms with Crippen LogP contribution in [0.25, 0.3) is 0 Å². The molecular weight excluding hydrogens is 277 g/mol. The van der Waals surface area contributed by atoms with Gasteiger partial charge < -0.3 is 4.98 Å². The normalized spacial score (nSPS) is 21.5. The lowest BCUT2D eigenvalue weighted by Gasteiger charge is -2.29. The molecule has 3 heteroatoms. The highest BCUT2D eigenvalue weighted by Crippen LogP contribution is 2.21. The zero-order valence-corrected chi connectivity index (χ0v) is 12.3. The van der Waals surface area contributed by atoms with Crippen molar-refractivity contribution in [2.24, 2.45) is 0 Å². The summed E-state index contributed by atoms with van der Waals surface area (Å²) >= 11 is 2.53. The van der Waals surface area contributed by atoms with Gasteiger partial charge in [0.05, 0.1) is 3.55 Å². The van der Waals surface area contributed by atoms with Gasteiger partial charge in [-0.15, -0.1) is 0 Å². The van der Waals surface area contributed by atoms with Crippen molar-refractivity contribution in [2.45, 2.75) is 56.2 Å². The molecule has 0 heterocycles. The first-order chi connectivity index (χ1) is 5.43. The molecule has 0 aromatic rings. The van der Waals surface area contributed by atoms with E-state index in [1.165, 1.54) is 12.8 Å². The number of hydrogen-bond acceptors (Lipinski definition) is 1. The quantitative estimate of drug-likeness (QED) is 0.355. The number of nitrogens with one attached hydrogen (secondary N) is 1. The molecule has 0 aromatic heterocycles. The molecule has 0 aliphatic heterocycles. The molecule has 2 unspecified atom stereocenters. The maximum absolute atomic E-state index is 3.78. The lowest BCUT2D eigenvalue weighted by Crippen LogP contribution is -2.46. The standard InChI is InChI=1S/C9H22INSi/c1-6-8(3)12(5)11-9(4,10)7-2/h8,11-12H,6-7H2,1-5H3/t8?,9-,12?/m1/s1. The lowest BCUT2D eigenvalue weighted by atomic mass is 10.3. The van der Waals surface area contributed by atoms with E-state index in [1.807, 2.05) is 0 Å². The van der Waals surface area contributed by atoms with Crippen LogP contribution in [0.15, 0.2) is 0 Å². The second kappa shape index (κ2) is 5.60. The molecule has 0 saturated carbocycles. The van der Waals surface area contributed by atoms with Gasteiger partial charge >= 0.3 is 0 Å². The van der Waals surface area contributed by atoms with Crippen LogP contribution in [0.1, 0.15) is 40.5 Å². The van der Waals surface area contributed by atoms with Crippen molar-refractivity contribution in [1.82, 2.24) is 4.98 Å². The van der Waals surface area contributed by atoms with E-state index in [4.69, 9.17) is 0 Å². The molecule has 0 aromatic carbocycles. The van der Waals surface area contributed by atoms with Crippen LogP contribution in [-0.2, 0) is 0 Å². The van der Waals surface area contributed by atoms with Gasteiger partial charge in [-0.1, -0.05) is 56.3 Å². The fourth-order valence-corrected chi connectivity index (χ4v) is 4.69. The van der Waals surface area contributed by atoms with Crippen LogP contribution in [0, 0.1) is 0 Å². The highest BCUT2D eigenvalue weighted by Gasteiger charge is 2.22. The van der Waals surface area contributed by atoms with E-state index in [0.717, 1.165) is 5.54 Å². The van der Waals surface area contributed by atoms with Gasteiger partial charge in [0, 0.05) is 0 Å². The first-order valence-corrected chi connectivity index (χ1v) is 8.37. The molecule has 1 nitrogen and oxygen atoms in total. The molecule has 0 fully saturated rings. The third-order valence-electron chi connectivity index (χ3n) is 2.69. The number of alkyl halides is 1. The Kier molecular flexibility index (Phi) is 6.02. The number of rotatable bonds is 5. The fraction of sp³-hybridized carbons (Fsp3) is 1.00. The van der Waals surface area contributed by atoms with Gasteiger partial charge in [-0.2, -0.15) is 0 Å². The van der Waals surface area contributed by atoms with Crippen molar-refractivity contribution < 1.29 is 0 Å². The summed E-state index contributed by atoms with van der Waals surface area (Å²) in [5, 5.41) is 0. The van der Waals surface area contributed by atoms with Crippen LogP contribution in [0.3, 0.4) is 0 Å². The van der Waals surface area contributed by atoms with E-state index in [9.17, 15) is 0 Å². The summed E-state index contributed by atoms with van der Waals surface area (Å²) in [7, 11) is -0.696. The predicted octanol–water partition coefficient (Wildman–Crippen LogP) is 3.29. The maximum atomic E-state index is 3.78. The minimum Gasteiger partial charge on any atom is -0.326 e. The van der Waals surface area contributed by atoms with E-state index in [0.29, 0.717) is 3.55 Å². The first kappa shape index (κ1) is 12.9. The third kappa shape index (κ3) is 4.82. The van der Waals surface area contributed by atoms with Crippen molar-refractivity contribution in [2.75, 3.05) is 0 Å². The topological polar surface area (TPSA) is 12.0 Å². The molecule has 0 aliphatic rings. The van der Waals surface area contributed by atoms with Gasteiger partial charge in [0.2, 0.25) is 0 Å². The Hall–Kier alpha value is 0.907. The summed E-state index contributed by atoms with van der Waals surface area (Å²) in [6, 6.07) is 0. The number of halogens is 1. The molecular formula is C9H22INSi. The lowest BCUT2D eigenvalue weighted by molar-refractivity contribution is 0.611. The Morgan fingerprint density at radius 1 is 1.50 bits per heavy atom. The van der Waals surface area contributed by atoms with Crippen molar-refractivity contribution in [3.8, 4) is 0 Å². The third-order valence-corrected chi connectivity index (χ3v) is 7.62. The molecule has 0 aliphatic carbocycles. The van der Waals surface area contributed by atoms with Gasteiger partial charge in [0.15, 0.2) is 0 Å². The minimum absolute atomic E-state index is 0.326. The van der Waals surface area contributed by atoms with Crippen LogP contribution >= 0.6 is 22.6 Å². The second-order valence-corrected chi connectivity index (χ2v) is 9.25. The van der Waals surface area contributed by atoms with E-state index in [1.54, 1.807) is 0 Å². The molecule has 0 saturated heterocycles. The predicted molar refractivity (Wildman–Crippen MR) is 68.6 cm³/mol. The van der Waals surface area contributed by atoms with E-state index < -0.39 is 8.96 Å². The van der Waals surface area contributed by atoms with Crippen LogP contribution in [0.5, 0.6) is 0 Å². The Morgan fingerprint density at radius 2 is 2.00 bits per heavy atom. The molecule has 74 valence electrons. The first-order valence-electron chi connectivity index (χ1n) is 4.89. The molecule has 12 heavy (non-hydrogen) atoms. The highest BCUT2D eigenvalue weighted by atomic mass is 127. The van der Waals surface area contributed by atoms with Crippen molar-refractivity contribution in [3.63, 3.8) is 0 Å². The summed E-state index contributed by atoms with van der Waals surface area (Å²) in [4.78, 5) is 3.78. The Balaban J connectivity index is 3.90. The van der Waals surface area contributed by atoms with Crippen molar-refractivity contribution in [1.29, 1.82) is 0 Å². The molecule has 0 bridgehead atoms. The second-order valence-electron chi connectivity index (χ2n) is 3.87. The van der Waals surface area contributed by atoms with E-state index >= 15 is 0 Å². The van der Waals surface area contributed by atoms with Gasteiger partial charge in [-0.25, -0.2) is 0 Å².